The fourth-order valence-corrected chi connectivity index (χ4v) is 2.30. The Balaban J connectivity index is 0.00000324. The van der Waals surface area contributed by atoms with E-state index >= 15 is 0 Å². The van der Waals surface area contributed by atoms with E-state index in [2.05, 4.69) is 24.5 Å². The van der Waals surface area contributed by atoms with Crippen molar-refractivity contribution in [1.29, 1.82) is 0 Å². The minimum atomic E-state index is -0.376. The lowest BCUT2D eigenvalue weighted by Crippen LogP contribution is -2.50. The van der Waals surface area contributed by atoms with Crippen LogP contribution in [-0.2, 0) is 9.53 Å². The van der Waals surface area contributed by atoms with E-state index in [1.165, 1.54) is 0 Å². The first-order valence-electron chi connectivity index (χ1n) is 6.88. The van der Waals surface area contributed by atoms with Gasteiger partial charge in [-0.3, -0.25) is 4.79 Å². The van der Waals surface area contributed by atoms with Gasteiger partial charge in [0.15, 0.2) is 0 Å². The molecular weight excluding hydrogens is 268 g/mol. The number of rotatable bonds is 7. The maximum Gasteiger partial charge on any atom is 0.250 e. The zero-order chi connectivity index (χ0) is 13.4. The molecule has 0 aromatic rings. The second kappa shape index (κ2) is 9.53. The first-order chi connectivity index (χ1) is 8.67. The molecule has 1 aliphatic rings. The maximum absolute atomic E-state index is 11.9. The molecule has 0 aromatic heterocycles. The van der Waals surface area contributed by atoms with E-state index in [1.54, 1.807) is 0 Å². The number of amides is 1. The molecule has 1 fully saturated rings. The summed E-state index contributed by atoms with van der Waals surface area (Å²) in [6, 6.07) is 0. The van der Waals surface area contributed by atoms with Crippen molar-refractivity contribution in [3.8, 4) is 0 Å². The van der Waals surface area contributed by atoms with Crippen LogP contribution in [-0.4, -0.2) is 50.0 Å². The second-order valence-electron chi connectivity index (χ2n) is 4.96. The summed E-state index contributed by atoms with van der Waals surface area (Å²) in [5.74, 6) is -0.0496. The highest BCUT2D eigenvalue weighted by atomic mass is 35.5. The smallest absolute Gasteiger partial charge is 0.250 e. The summed E-state index contributed by atoms with van der Waals surface area (Å²) in [6.45, 7) is 6.95. The van der Waals surface area contributed by atoms with E-state index in [1.807, 2.05) is 0 Å². The monoisotopic (exact) mass is 294 g/mol. The summed E-state index contributed by atoms with van der Waals surface area (Å²) in [5, 5.41) is 15.2. The molecule has 0 radical (unpaired) electrons. The van der Waals surface area contributed by atoms with Gasteiger partial charge in [0.1, 0.15) is 6.10 Å². The third-order valence-corrected chi connectivity index (χ3v) is 4.00. The molecule has 0 aliphatic carbocycles. The van der Waals surface area contributed by atoms with Crippen molar-refractivity contribution in [3.63, 3.8) is 0 Å². The number of hydrogen-bond acceptors (Lipinski definition) is 4. The van der Waals surface area contributed by atoms with Crippen LogP contribution in [0.1, 0.15) is 33.1 Å². The molecule has 0 aromatic carbocycles. The van der Waals surface area contributed by atoms with Crippen LogP contribution in [0, 0.1) is 5.41 Å². The van der Waals surface area contributed by atoms with E-state index in [0.717, 1.165) is 25.8 Å². The van der Waals surface area contributed by atoms with Crippen molar-refractivity contribution in [2.75, 3.05) is 32.8 Å². The molecule has 0 bridgehead atoms. The number of hydrogen-bond donors (Lipinski definition) is 3. The fourth-order valence-electron chi connectivity index (χ4n) is 2.30. The summed E-state index contributed by atoms with van der Waals surface area (Å²) in [7, 11) is 0. The van der Waals surface area contributed by atoms with Crippen LogP contribution < -0.4 is 10.6 Å². The molecule has 5 nitrogen and oxygen atoms in total. The average molecular weight is 295 g/mol. The molecule has 1 unspecified atom stereocenters. The lowest BCUT2D eigenvalue weighted by atomic mass is 9.79. The van der Waals surface area contributed by atoms with E-state index in [4.69, 9.17) is 9.84 Å². The van der Waals surface area contributed by atoms with Crippen LogP contribution in [0.4, 0.5) is 0 Å². The van der Waals surface area contributed by atoms with Gasteiger partial charge in [0.2, 0.25) is 5.91 Å². The summed E-state index contributed by atoms with van der Waals surface area (Å²) in [5.41, 5.74) is 0.00645. The van der Waals surface area contributed by atoms with Crippen molar-refractivity contribution in [2.45, 2.75) is 39.2 Å². The zero-order valence-electron chi connectivity index (χ0n) is 11.9. The summed E-state index contributed by atoms with van der Waals surface area (Å²) >= 11 is 0. The molecule has 3 N–H and O–H groups in total. The highest BCUT2D eigenvalue weighted by Gasteiger charge is 2.28. The second-order valence-corrected chi connectivity index (χ2v) is 4.96. The van der Waals surface area contributed by atoms with Crippen molar-refractivity contribution in [1.82, 2.24) is 10.6 Å². The zero-order valence-corrected chi connectivity index (χ0v) is 12.7. The Morgan fingerprint density at radius 1 is 1.47 bits per heavy atom. The van der Waals surface area contributed by atoms with Gasteiger partial charge in [0.05, 0.1) is 6.61 Å². The van der Waals surface area contributed by atoms with Crippen LogP contribution in [0.25, 0.3) is 0 Å². The van der Waals surface area contributed by atoms with Crippen molar-refractivity contribution in [2.24, 2.45) is 5.41 Å². The molecule has 114 valence electrons. The number of ether oxygens (including phenoxy) is 1. The van der Waals surface area contributed by atoms with Gasteiger partial charge in [-0.1, -0.05) is 13.8 Å². The SMILES string of the molecule is CCC(CC)(CCO)CNC(=O)C1CNCCO1.Cl. The quantitative estimate of drug-likeness (QED) is 0.646. The summed E-state index contributed by atoms with van der Waals surface area (Å²) < 4.78 is 5.41. The van der Waals surface area contributed by atoms with Gasteiger partial charge < -0.3 is 20.5 Å². The minimum Gasteiger partial charge on any atom is -0.396 e. The maximum atomic E-state index is 11.9. The minimum absolute atomic E-state index is 0. The Morgan fingerprint density at radius 2 is 2.16 bits per heavy atom. The van der Waals surface area contributed by atoms with Gasteiger partial charge in [0, 0.05) is 26.2 Å². The predicted molar refractivity (Wildman–Crippen MR) is 77.6 cm³/mol. The lowest BCUT2D eigenvalue weighted by molar-refractivity contribution is -0.134. The Bertz CT molecular complexity index is 254. The van der Waals surface area contributed by atoms with Crippen LogP contribution in [0.15, 0.2) is 0 Å². The number of aliphatic hydroxyl groups excluding tert-OH is 1. The number of aliphatic hydroxyl groups is 1. The molecule has 1 amide bonds. The summed E-state index contributed by atoms with van der Waals surface area (Å²) in [4.78, 5) is 11.9. The normalized spacial score (nSPS) is 19.6. The first-order valence-corrected chi connectivity index (χ1v) is 6.88. The molecule has 1 saturated heterocycles. The molecule has 0 spiro atoms. The van der Waals surface area contributed by atoms with Crippen LogP contribution in [0.2, 0.25) is 0 Å². The third-order valence-electron chi connectivity index (χ3n) is 4.00. The number of morpholine rings is 1. The Kier molecular flexibility index (Phi) is 9.35. The van der Waals surface area contributed by atoms with Gasteiger partial charge in [-0.05, 0) is 24.7 Å². The molecule has 1 rings (SSSR count). The van der Waals surface area contributed by atoms with E-state index < -0.39 is 0 Å². The van der Waals surface area contributed by atoms with Gasteiger partial charge in [-0.25, -0.2) is 0 Å². The van der Waals surface area contributed by atoms with Gasteiger partial charge in [-0.15, -0.1) is 12.4 Å². The van der Waals surface area contributed by atoms with Crippen LogP contribution in [0.3, 0.4) is 0 Å². The topological polar surface area (TPSA) is 70.6 Å². The highest BCUT2D eigenvalue weighted by molar-refractivity contribution is 5.85. The van der Waals surface area contributed by atoms with Crippen molar-refractivity contribution >= 4 is 18.3 Å². The number of nitrogens with one attached hydrogen (secondary N) is 2. The summed E-state index contributed by atoms with van der Waals surface area (Å²) in [6.07, 6.45) is 2.26. The molecule has 1 heterocycles. The number of carbonyl (C=O) groups excluding carboxylic acids is 1. The Hall–Kier alpha value is -0.360. The molecule has 1 atom stereocenters. The highest BCUT2D eigenvalue weighted by Crippen LogP contribution is 2.29. The third kappa shape index (κ3) is 5.65. The number of halogens is 1. The number of carbonyl (C=O) groups is 1. The standard InChI is InChI=1S/C13H26N2O3.ClH/c1-3-13(4-2,5-7-16)10-15-12(17)11-9-14-6-8-18-11;/h11,14,16H,3-10H2,1-2H3,(H,15,17);1H. The van der Waals surface area contributed by atoms with E-state index in [9.17, 15) is 4.79 Å². The van der Waals surface area contributed by atoms with Gasteiger partial charge >= 0.3 is 0 Å². The first kappa shape index (κ1) is 18.6. The predicted octanol–water partition coefficient (Wildman–Crippen LogP) is 0.702. The van der Waals surface area contributed by atoms with E-state index in [-0.39, 0.29) is 36.4 Å². The van der Waals surface area contributed by atoms with Gasteiger partial charge in [-0.2, -0.15) is 0 Å². The van der Waals surface area contributed by atoms with Crippen LogP contribution >= 0.6 is 12.4 Å². The van der Waals surface area contributed by atoms with Crippen molar-refractivity contribution < 1.29 is 14.6 Å². The molecule has 1 aliphatic heterocycles. The average Bonchev–Trinajstić information content (AvgIpc) is 2.44. The van der Waals surface area contributed by atoms with Gasteiger partial charge in [0.25, 0.3) is 0 Å². The largest absolute Gasteiger partial charge is 0.396 e. The molecular formula is C13H27ClN2O3. The van der Waals surface area contributed by atoms with Crippen molar-refractivity contribution in [3.05, 3.63) is 0 Å². The lowest BCUT2D eigenvalue weighted by Gasteiger charge is -2.32. The molecule has 0 saturated carbocycles. The van der Waals surface area contributed by atoms with Crippen LogP contribution in [0.5, 0.6) is 0 Å². The molecule has 19 heavy (non-hydrogen) atoms. The Morgan fingerprint density at radius 3 is 2.63 bits per heavy atom. The molecule has 6 heteroatoms. The Labute approximate surface area is 121 Å². The fraction of sp³-hybridized carbons (Fsp3) is 0.923. The van der Waals surface area contributed by atoms with E-state index in [0.29, 0.717) is 19.7 Å².